The lowest BCUT2D eigenvalue weighted by molar-refractivity contribution is -0.122. The number of halogens is 2. The Morgan fingerprint density at radius 3 is 2.37 bits per heavy atom. The van der Waals surface area contributed by atoms with E-state index in [0.29, 0.717) is 16.8 Å². The number of carbonyl (C=O) groups excluding carboxylic acids is 3. The van der Waals surface area contributed by atoms with Crippen molar-refractivity contribution in [2.24, 2.45) is 0 Å². The molecule has 1 N–H and O–H groups in total. The standard InChI is InChI=1S/C27H19BrFN3O3/c1-16-21(20-7-3-5-9-24(20)31(16)15-17-6-2-4-8-23(17)29)14-22-25(33)30-27(35)32(26(22)34)19-12-10-18(28)11-13-19/h2-14H,15H2,1H3,(H,30,33,35)/b22-14+. The highest BCUT2D eigenvalue weighted by Gasteiger charge is 2.37. The number of nitrogens with zero attached hydrogens (tertiary/aromatic N) is 2. The molecule has 0 bridgehead atoms. The van der Waals surface area contributed by atoms with E-state index in [1.54, 1.807) is 42.5 Å². The van der Waals surface area contributed by atoms with Crippen molar-refractivity contribution in [1.29, 1.82) is 0 Å². The van der Waals surface area contributed by atoms with E-state index in [1.807, 2.05) is 35.8 Å². The van der Waals surface area contributed by atoms with Crippen LogP contribution in [0.3, 0.4) is 0 Å². The Labute approximate surface area is 208 Å². The Morgan fingerprint density at radius 2 is 1.63 bits per heavy atom. The maximum Gasteiger partial charge on any atom is 0.335 e. The van der Waals surface area contributed by atoms with Gasteiger partial charge in [0.15, 0.2) is 0 Å². The lowest BCUT2D eigenvalue weighted by atomic mass is 10.0. The number of imide groups is 2. The van der Waals surface area contributed by atoms with Crippen LogP contribution in [0.2, 0.25) is 0 Å². The van der Waals surface area contributed by atoms with Gasteiger partial charge in [-0.2, -0.15) is 0 Å². The average molecular weight is 532 g/mol. The minimum atomic E-state index is -0.807. The monoisotopic (exact) mass is 531 g/mol. The number of nitrogens with one attached hydrogen (secondary N) is 1. The molecule has 4 amide bonds. The summed E-state index contributed by atoms with van der Waals surface area (Å²) < 4.78 is 17.1. The molecule has 35 heavy (non-hydrogen) atoms. The second-order valence-corrected chi connectivity index (χ2v) is 9.04. The summed E-state index contributed by atoms with van der Waals surface area (Å²) in [6.45, 7) is 2.14. The van der Waals surface area contributed by atoms with Gasteiger partial charge in [0, 0.05) is 32.2 Å². The molecule has 1 aliphatic rings. The van der Waals surface area contributed by atoms with E-state index in [1.165, 1.54) is 12.1 Å². The highest BCUT2D eigenvalue weighted by Crippen LogP contribution is 2.31. The van der Waals surface area contributed by atoms with E-state index in [4.69, 9.17) is 0 Å². The zero-order valence-corrected chi connectivity index (χ0v) is 20.2. The predicted molar refractivity (Wildman–Crippen MR) is 135 cm³/mol. The Bertz CT molecular complexity index is 1540. The summed E-state index contributed by atoms with van der Waals surface area (Å²) in [7, 11) is 0. The average Bonchev–Trinajstić information content (AvgIpc) is 3.10. The summed E-state index contributed by atoms with van der Waals surface area (Å²) in [4.78, 5) is 39.5. The van der Waals surface area contributed by atoms with Gasteiger partial charge in [-0.3, -0.25) is 14.9 Å². The summed E-state index contributed by atoms with van der Waals surface area (Å²) in [6.07, 6.45) is 1.51. The molecular weight excluding hydrogens is 513 g/mol. The molecule has 0 atom stereocenters. The Hall–Kier alpha value is -4.04. The number of urea groups is 1. The van der Waals surface area contributed by atoms with Gasteiger partial charge in [-0.15, -0.1) is 0 Å². The van der Waals surface area contributed by atoms with E-state index in [9.17, 15) is 18.8 Å². The summed E-state index contributed by atoms with van der Waals surface area (Å²) in [5.74, 6) is -1.79. The zero-order valence-electron chi connectivity index (χ0n) is 18.6. The van der Waals surface area contributed by atoms with Gasteiger partial charge < -0.3 is 4.57 Å². The lowest BCUT2D eigenvalue weighted by Crippen LogP contribution is -2.54. The number of fused-ring (bicyclic) bond motifs is 1. The number of carbonyl (C=O) groups is 3. The number of aromatic nitrogens is 1. The number of para-hydroxylation sites is 1. The van der Waals surface area contributed by atoms with Gasteiger partial charge in [0.25, 0.3) is 11.8 Å². The van der Waals surface area contributed by atoms with Crippen LogP contribution in [0.1, 0.15) is 16.8 Å². The maximum absolute atomic E-state index is 14.4. The molecule has 4 aromatic rings. The highest BCUT2D eigenvalue weighted by molar-refractivity contribution is 9.10. The molecule has 1 aromatic heterocycles. The lowest BCUT2D eigenvalue weighted by Gasteiger charge is -2.26. The topological polar surface area (TPSA) is 71.4 Å². The van der Waals surface area contributed by atoms with E-state index >= 15 is 0 Å². The summed E-state index contributed by atoms with van der Waals surface area (Å²) in [6, 6.07) is 19.9. The molecule has 6 nitrogen and oxygen atoms in total. The molecule has 0 spiro atoms. The van der Waals surface area contributed by atoms with E-state index < -0.39 is 17.8 Å². The number of hydrogen-bond donors (Lipinski definition) is 1. The maximum atomic E-state index is 14.4. The van der Waals surface area contributed by atoms with Gasteiger partial charge in [-0.1, -0.05) is 52.3 Å². The number of amides is 4. The van der Waals surface area contributed by atoms with Crippen LogP contribution in [0.5, 0.6) is 0 Å². The molecule has 2 heterocycles. The summed E-state index contributed by atoms with van der Waals surface area (Å²) >= 11 is 3.33. The second kappa shape index (κ2) is 8.96. The molecule has 1 fully saturated rings. The fourth-order valence-corrected chi connectivity index (χ4v) is 4.53. The van der Waals surface area contributed by atoms with Crippen molar-refractivity contribution in [3.05, 3.63) is 105 Å². The minimum Gasteiger partial charge on any atom is -0.340 e. The molecule has 0 unspecified atom stereocenters. The SMILES string of the molecule is Cc1c(/C=C2\C(=O)NC(=O)N(c3ccc(Br)cc3)C2=O)c2ccccc2n1Cc1ccccc1F. The number of barbiturate groups is 1. The first-order valence-corrected chi connectivity index (χ1v) is 11.6. The zero-order chi connectivity index (χ0) is 24.7. The van der Waals surface area contributed by atoms with Gasteiger partial charge in [0.05, 0.1) is 12.2 Å². The second-order valence-electron chi connectivity index (χ2n) is 8.13. The third kappa shape index (κ3) is 4.06. The fraction of sp³-hybridized carbons (Fsp3) is 0.0741. The first-order chi connectivity index (χ1) is 16.8. The van der Waals surface area contributed by atoms with Crippen LogP contribution < -0.4 is 10.2 Å². The van der Waals surface area contributed by atoms with Crippen molar-refractivity contribution in [2.75, 3.05) is 4.90 Å². The number of rotatable bonds is 4. The van der Waals surface area contributed by atoms with Crippen molar-refractivity contribution in [3.63, 3.8) is 0 Å². The quantitative estimate of drug-likeness (QED) is 0.276. The van der Waals surface area contributed by atoms with Crippen LogP contribution in [0.25, 0.3) is 17.0 Å². The number of hydrogen-bond acceptors (Lipinski definition) is 3. The molecule has 5 rings (SSSR count). The molecule has 0 radical (unpaired) electrons. The van der Waals surface area contributed by atoms with Gasteiger partial charge in [0.1, 0.15) is 11.4 Å². The molecule has 1 aliphatic heterocycles. The van der Waals surface area contributed by atoms with Crippen LogP contribution in [0.4, 0.5) is 14.9 Å². The molecule has 174 valence electrons. The number of anilines is 1. The summed E-state index contributed by atoms with van der Waals surface area (Å²) in [5.41, 5.74) is 2.95. The van der Waals surface area contributed by atoms with E-state index in [0.717, 1.165) is 26.0 Å². The molecule has 1 saturated heterocycles. The van der Waals surface area contributed by atoms with Crippen LogP contribution in [0.15, 0.2) is 82.8 Å². The van der Waals surface area contributed by atoms with Crippen molar-refractivity contribution >= 4 is 56.4 Å². The molecule has 8 heteroatoms. The van der Waals surface area contributed by atoms with Crippen molar-refractivity contribution in [2.45, 2.75) is 13.5 Å². The van der Waals surface area contributed by atoms with Crippen LogP contribution in [0, 0.1) is 12.7 Å². The van der Waals surface area contributed by atoms with E-state index in [-0.39, 0.29) is 17.9 Å². The Morgan fingerprint density at radius 1 is 0.943 bits per heavy atom. The first kappa shape index (κ1) is 22.7. The third-order valence-electron chi connectivity index (χ3n) is 6.04. The van der Waals surface area contributed by atoms with E-state index in [2.05, 4.69) is 21.2 Å². The van der Waals surface area contributed by atoms with Crippen molar-refractivity contribution in [3.8, 4) is 0 Å². The molecule has 0 saturated carbocycles. The molecular formula is C27H19BrFN3O3. The van der Waals surface area contributed by atoms with Gasteiger partial charge >= 0.3 is 6.03 Å². The summed E-state index contributed by atoms with van der Waals surface area (Å²) in [5, 5.41) is 3.06. The number of benzene rings is 3. The van der Waals surface area contributed by atoms with Gasteiger partial charge in [-0.25, -0.2) is 14.1 Å². The van der Waals surface area contributed by atoms with Crippen molar-refractivity contribution < 1.29 is 18.8 Å². The largest absolute Gasteiger partial charge is 0.340 e. The molecule has 3 aromatic carbocycles. The van der Waals surface area contributed by atoms with Crippen LogP contribution in [-0.2, 0) is 16.1 Å². The van der Waals surface area contributed by atoms with Gasteiger partial charge in [-0.05, 0) is 49.4 Å². The van der Waals surface area contributed by atoms with Gasteiger partial charge in [0.2, 0.25) is 0 Å². The Kier molecular flexibility index (Phi) is 5.82. The van der Waals surface area contributed by atoms with Crippen molar-refractivity contribution in [1.82, 2.24) is 9.88 Å². The highest BCUT2D eigenvalue weighted by atomic mass is 79.9. The minimum absolute atomic E-state index is 0.163. The normalized spacial score (nSPS) is 15.2. The third-order valence-corrected chi connectivity index (χ3v) is 6.57. The smallest absolute Gasteiger partial charge is 0.335 e. The van der Waals surface area contributed by atoms with Crippen LogP contribution in [-0.4, -0.2) is 22.4 Å². The molecule has 0 aliphatic carbocycles. The Balaban J connectivity index is 1.62. The first-order valence-electron chi connectivity index (χ1n) is 10.8. The van der Waals surface area contributed by atoms with Crippen LogP contribution >= 0.6 is 15.9 Å². The predicted octanol–water partition coefficient (Wildman–Crippen LogP) is 5.57. The fourth-order valence-electron chi connectivity index (χ4n) is 4.27.